The molecule has 1 heterocycles. The number of hydrogen-bond donors (Lipinski definition) is 0. The highest BCUT2D eigenvalue weighted by atomic mass is 16.5. The van der Waals surface area contributed by atoms with E-state index in [4.69, 9.17) is 4.74 Å². The lowest BCUT2D eigenvalue weighted by Crippen LogP contribution is -2.19. The highest BCUT2D eigenvalue weighted by Crippen LogP contribution is 2.44. The minimum absolute atomic E-state index is 0.140. The number of ether oxygens (including phenoxy) is 1. The van der Waals surface area contributed by atoms with Gasteiger partial charge in [0.2, 0.25) is 5.88 Å². The lowest BCUT2D eigenvalue weighted by molar-refractivity contribution is 0.398. The van der Waals surface area contributed by atoms with Crippen LogP contribution in [0.3, 0.4) is 0 Å². The van der Waals surface area contributed by atoms with Crippen LogP contribution >= 0.6 is 0 Å². The van der Waals surface area contributed by atoms with E-state index < -0.39 is 0 Å². The molecule has 0 saturated carbocycles. The van der Waals surface area contributed by atoms with Gasteiger partial charge in [-0.05, 0) is 184 Å². The van der Waals surface area contributed by atoms with Crippen LogP contribution in [0, 0.1) is 13.8 Å². The fourth-order valence-corrected chi connectivity index (χ4v) is 10.2. The number of aromatic nitrogens is 1. The van der Waals surface area contributed by atoms with Crippen molar-refractivity contribution in [1.82, 2.24) is 4.98 Å². The summed E-state index contributed by atoms with van der Waals surface area (Å²) >= 11 is 0. The summed E-state index contributed by atoms with van der Waals surface area (Å²) in [5.41, 5.74) is 24.1. The Labute approximate surface area is 337 Å². The van der Waals surface area contributed by atoms with Crippen LogP contribution in [0.25, 0.3) is 11.1 Å². The summed E-state index contributed by atoms with van der Waals surface area (Å²) in [5.74, 6) is 1.87. The number of nitrogens with zero attached hydrogens (tertiary/aromatic N) is 1. The largest absolute Gasteiger partial charge is 0.481 e. The molecule has 0 atom stereocenters. The average molecular weight is 742 g/mol. The van der Waals surface area contributed by atoms with Crippen molar-refractivity contribution in [3.05, 3.63) is 115 Å². The Kier molecular flexibility index (Phi) is 12.9. The van der Waals surface area contributed by atoms with Gasteiger partial charge >= 0.3 is 0 Å². The van der Waals surface area contributed by atoms with Crippen LogP contribution in [0.15, 0.2) is 42.6 Å². The summed E-state index contributed by atoms with van der Waals surface area (Å²) in [6.07, 6.45) is 13.6. The summed E-state index contributed by atoms with van der Waals surface area (Å²) in [5, 5.41) is 0. The first-order valence-electron chi connectivity index (χ1n) is 21.6. The monoisotopic (exact) mass is 742 g/mol. The molecule has 55 heavy (non-hydrogen) atoms. The summed E-state index contributed by atoms with van der Waals surface area (Å²) in [7, 11) is 1.67. The van der Waals surface area contributed by atoms with Crippen LogP contribution in [0.5, 0.6) is 5.88 Å². The number of methoxy groups -OCH3 is 1. The highest BCUT2D eigenvalue weighted by molar-refractivity contribution is 5.72. The molecule has 0 unspecified atom stereocenters. The SMILES string of the molecule is COc1cc(-c2ccc3c(c2C(C)(C)C)CCC3)ccn1.Cc1c2c(c(C(C)(C)C)c3c1CCC3)CCC2.Cc1cc(C(C)C)c(C(C)(C)C)c(C(C)C)c1. The van der Waals surface area contributed by atoms with Crippen molar-refractivity contribution in [3.63, 3.8) is 0 Å². The van der Waals surface area contributed by atoms with Crippen molar-refractivity contribution in [3.8, 4) is 17.0 Å². The molecule has 3 aromatic carbocycles. The van der Waals surface area contributed by atoms with Gasteiger partial charge in [0.1, 0.15) is 0 Å². The number of fused-ring (bicyclic) bond motifs is 3. The second-order valence-corrected chi connectivity index (χ2v) is 20.6. The predicted molar refractivity (Wildman–Crippen MR) is 239 cm³/mol. The molecule has 3 aliphatic carbocycles. The first-order chi connectivity index (χ1) is 25.6. The van der Waals surface area contributed by atoms with E-state index in [0.717, 1.165) is 0 Å². The Morgan fingerprint density at radius 2 is 1.02 bits per heavy atom. The smallest absolute Gasteiger partial charge is 0.213 e. The van der Waals surface area contributed by atoms with Crippen LogP contribution in [0.4, 0.5) is 0 Å². The fraction of sp³-hybridized carbons (Fsp3) is 0.566. The Bertz CT molecular complexity index is 1920. The van der Waals surface area contributed by atoms with Gasteiger partial charge in [0.15, 0.2) is 0 Å². The molecular weight excluding hydrogens is 667 g/mol. The van der Waals surface area contributed by atoms with Crippen molar-refractivity contribution >= 4 is 0 Å². The zero-order valence-electron chi connectivity index (χ0n) is 37.9. The molecule has 0 amide bonds. The van der Waals surface area contributed by atoms with Gasteiger partial charge in [-0.15, -0.1) is 0 Å². The molecule has 4 aromatic rings. The van der Waals surface area contributed by atoms with E-state index >= 15 is 0 Å². The Hall–Kier alpha value is -3.39. The molecule has 3 aliphatic rings. The quantitative estimate of drug-likeness (QED) is 0.208. The normalized spacial score (nSPS) is 14.9. The second kappa shape index (κ2) is 16.6. The van der Waals surface area contributed by atoms with Gasteiger partial charge in [0.25, 0.3) is 0 Å². The lowest BCUT2D eigenvalue weighted by atomic mass is 9.75. The van der Waals surface area contributed by atoms with Gasteiger partial charge in [-0.2, -0.15) is 0 Å². The number of benzene rings is 3. The summed E-state index contributed by atoms with van der Waals surface area (Å²) < 4.78 is 5.28. The van der Waals surface area contributed by atoms with Crippen LogP contribution in [-0.2, 0) is 54.8 Å². The Morgan fingerprint density at radius 3 is 1.49 bits per heavy atom. The standard InChI is InChI=1S/C19H23NO.C17H24.C17H28/c1-19(2,3)18-15-7-5-6-13(15)8-9-16(18)14-10-11-20-17(12-14)21-4;1-11-12-7-5-9-14(12)16(17(2,3)4)15-10-6-8-13(11)15;1-11(2)14-9-13(5)10-15(12(3)4)16(14)17(6,7)8/h8-12H,5-7H2,1-4H3;5-10H2,1-4H3;9-12H,1-8H3. The number of rotatable bonds is 4. The van der Waals surface area contributed by atoms with E-state index in [9.17, 15) is 0 Å². The summed E-state index contributed by atoms with van der Waals surface area (Å²) in [6.45, 7) is 34.9. The minimum atomic E-state index is 0.140. The third-order valence-corrected chi connectivity index (χ3v) is 12.3. The third-order valence-electron chi connectivity index (χ3n) is 12.3. The zero-order valence-corrected chi connectivity index (χ0v) is 37.9. The van der Waals surface area contributed by atoms with E-state index in [2.05, 4.69) is 139 Å². The van der Waals surface area contributed by atoms with Gasteiger partial charge in [-0.1, -0.05) is 120 Å². The van der Waals surface area contributed by atoms with Crippen LogP contribution in [-0.4, -0.2) is 12.1 Å². The molecule has 0 aliphatic heterocycles. The van der Waals surface area contributed by atoms with Gasteiger partial charge in [-0.3, -0.25) is 0 Å². The van der Waals surface area contributed by atoms with Crippen molar-refractivity contribution in [2.75, 3.05) is 7.11 Å². The zero-order chi connectivity index (χ0) is 40.6. The fourth-order valence-electron chi connectivity index (χ4n) is 10.2. The summed E-state index contributed by atoms with van der Waals surface area (Å²) in [6, 6.07) is 13.4. The molecule has 0 radical (unpaired) electrons. The maximum atomic E-state index is 5.28. The van der Waals surface area contributed by atoms with Crippen LogP contribution in [0.2, 0.25) is 0 Å². The van der Waals surface area contributed by atoms with E-state index in [1.165, 1.54) is 96.7 Å². The molecule has 0 N–H and O–H groups in total. The second-order valence-electron chi connectivity index (χ2n) is 20.6. The Morgan fingerprint density at radius 1 is 0.545 bits per heavy atom. The lowest BCUT2D eigenvalue weighted by Gasteiger charge is -2.30. The minimum Gasteiger partial charge on any atom is -0.481 e. The molecule has 298 valence electrons. The first kappa shape index (κ1) is 42.7. The van der Waals surface area contributed by atoms with Crippen molar-refractivity contribution in [1.29, 1.82) is 0 Å². The predicted octanol–water partition coefficient (Wildman–Crippen LogP) is 14.4. The number of hydrogen-bond acceptors (Lipinski definition) is 2. The molecule has 0 fully saturated rings. The highest BCUT2D eigenvalue weighted by Gasteiger charge is 2.32. The Balaban J connectivity index is 0.000000160. The van der Waals surface area contributed by atoms with Gasteiger partial charge in [0, 0.05) is 12.3 Å². The van der Waals surface area contributed by atoms with Crippen molar-refractivity contribution in [2.24, 2.45) is 0 Å². The third kappa shape index (κ3) is 9.27. The topological polar surface area (TPSA) is 22.1 Å². The van der Waals surface area contributed by atoms with Crippen LogP contribution < -0.4 is 4.74 Å². The first-order valence-corrected chi connectivity index (χ1v) is 21.6. The van der Waals surface area contributed by atoms with Gasteiger partial charge in [0.05, 0.1) is 7.11 Å². The van der Waals surface area contributed by atoms with E-state index in [1.54, 1.807) is 51.6 Å². The molecule has 0 bridgehead atoms. The maximum Gasteiger partial charge on any atom is 0.213 e. The van der Waals surface area contributed by atoms with Crippen molar-refractivity contribution < 1.29 is 4.74 Å². The average Bonchev–Trinajstić information content (AvgIpc) is 3.88. The molecule has 2 nitrogen and oxygen atoms in total. The van der Waals surface area contributed by atoms with E-state index in [1.807, 2.05) is 12.3 Å². The van der Waals surface area contributed by atoms with E-state index in [-0.39, 0.29) is 10.8 Å². The molecule has 7 rings (SSSR count). The molecule has 0 saturated heterocycles. The molecular formula is C53H75NO. The molecule has 1 aromatic heterocycles. The summed E-state index contributed by atoms with van der Waals surface area (Å²) in [4.78, 5) is 4.23. The van der Waals surface area contributed by atoms with E-state index in [0.29, 0.717) is 23.1 Å². The van der Waals surface area contributed by atoms with Crippen molar-refractivity contribution in [2.45, 2.75) is 190 Å². The number of aryl methyl sites for hydroxylation is 2. The van der Waals surface area contributed by atoms with Gasteiger partial charge in [-0.25, -0.2) is 4.98 Å². The number of pyridine rings is 1. The maximum absolute atomic E-state index is 5.28. The van der Waals surface area contributed by atoms with Gasteiger partial charge < -0.3 is 4.74 Å². The molecule has 2 heteroatoms. The van der Waals surface area contributed by atoms with Crippen LogP contribution in [0.1, 0.15) is 193 Å². The molecule has 0 spiro atoms.